The van der Waals surface area contributed by atoms with Crippen LogP contribution in [0.15, 0.2) is 36.4 Å². The Kier molecular flexibility index (Phi) is 12.7. The Morgan fingerprint density at radius 2 is 1.42 bits per heavy atom. The van der Waals surface area contributed by atoms with Gasteiger partial charge in [-0.05, 0) is 6.42 Å². The topological polar surface area (TPSA) is 0 Å². The second-order valence-electron chi connectivity index (χ2n) is 5.97. The predicted molar refractivity (Wildman–Crippen MR) is 94.6 cm³/mol. The number of rotatable bonds is 1. The zero-order valence-electron chi connectivity index (χ0n) is 15.4. The predicted octanol–water partition coefficient (Wildman–Crippen LogP) is 0.0742. The van der Waals surface area contributed by atoms with Crippen LogP contribution in [0.25, 0.3) is 10.8 Å². The summed E-state index contributed by atoms with van der Waals surface area (Å²) in [6, 6.07) is 13.0. The summed E-state index contributed by atoms with van der Waals surface area (Å²) in [5.74, 6) is 0. The van der Waals surface area contributed by atoms with E-state index in [2.05, 4.69) is 77.9 Å². The van der Waals surface area contributed by atoms with Crippen LogP contribution in [0.4, 0.5) is 0 Å². The Balaban J connectivity index is 0. The van der Waals surface area contributed by atoms with Gasteiger partial charge in [-0.3, -0.25) is 0 Å². The van der Waals surface area contributed by atoms with Gasteiger partial charge in [0.1, 0.15) is 0 Å². The van der Waals surface area contributed by atoms with Gasteiger partial charge in [0.25, 0.3) is 0 Å². The molecule has 0 fully saturated rings. The van der Waals surface area contributed by atoms with Gasteiger partial charge in [0.05, 0.1) is 0 Å². The molecule has 0 aromatic heterocycles. The summed E-state index contributed by atoms with van der Waals surface area (Å²) >= 11 is 0. The third kappa shape index (κ3) is 5.78. The van der Waals surface area contributed by atoms with E-state index in [1.54, 1.807) is 0 Å². The maximum Gasteiger partial charge on any atom is 4.00 e. The van der Waals surface area contributed by atoms with Crippen LogP contribution in [0.5, 0.6) is 0 Å². The largest absolute Gasteiger partial charge is 4.00 e. The van der Waals surface area contributed by atoms with Gasteiger partial charge in [0, 0.05) is 0 Å². The van der Waals surface area contributed by atoms with Crippen LogP contribution in [0.1, 0.15) is 40.3 Å². The molecular formula is C21H26Br2Zr. The number of benzene rings is 1. The molecule has 128 valence electrons. The summed E-state index contributed by atoms with van der Waals surface area (Å²) in [5.41, 5.74) is 8.77. The maximum atomic E-state index is 2.26. The molecule has 0 amide bonds. The SMILES string of the molecule is CCc1cc2ccccc2[cH-]1.Cc1c(C)c(C)[c-](C)c1C.[Br-].[Br-].[Zr+4]. The Hall–Kier alpha value is 0.0231. The molecule has 0 unspecified atom stereocenters. The van der Waals surface area contributed by atoms with E-state index in [9.17, 15) is 0 Å². The molecule has 3 aromatic carbocycles. The molecule has 0 heterocycles. The number of fused-ring (bicyclic) bond motifs is 1. The number of halogens is 2. The molecule has 3 rings (SSSR count). The zero-order valence-corrected chi connectivity index (χ0v) is 21.1. The van der Waals surface area contributed by atoms with E-state index >= 15 is 0 Å². The number of hydrogen-bond donors (Lipinski definition) is 0. The molecule has 0 aliphatic heterocycles. The van der Waals surface area contributed by atoms with Crippen molar-refractivity contribution >= 4 is 10.8 Å². The molecule has 24 heavy (non-hydrogen) atoms. The van der Waals surface area contributed by atoms with Crippen molar-refractivity contribution in [3.05, 3.63) is 69.8 Å². The average Bonchev–Trinajstić information content (AvgIpc) is 3.00. The van der Waals surface area contributed by atoms with Gasteiger partial charge in [-0.25, -0.2) is 0 Å². The fraction of sp³-hybridized carbons (Fsp3) is 0.333. The standard InChI is InChI=1S/C11H11.C10H15.2BrH.Zr/c1-2-9-7-10-5-3-4-6-11(10)8-9;1-6-7(2)9(4)10(5)8(6)3;;;/h3-8H,2H2,1H3;1-5H3;2*1H;/q2*-1;;;+4/p-2. The minimum Gasteiger partial charge on any atom is -1.00 e. The van der Waals surface area contributed by atoms with E-state index in [-0.39, 0.29) is 60.2 Å². The molecule has 0 N–H and O–H groups in total. The number of aryl methyl sites for hydroxylation is 1. The van der Waals surface area contributed by atoms with Crippen molar-refractivity contribution in [2.75, 3.05) is 0 Å². The van der Waals surface area contributed by atoms with E-state index < -0.39 is 0 Å². The number of hydrogen-bond acceptors (Lipinski definition) is 0. The quantitative estimate of drug-likeness (QED) is 0.392. The first-order valence-electron chi connectivity index (χ1n) is 7.79. The van der Waals surface area contributed by atoms with E-state index in [1.807, 2.05) is 0 Å². The second kappa shape index (κ2) is 11.6. The molecule has 0 saturated carbocycles. The van der Waals surface area contributed by atoms with Gasteiger partial charge < -0.3 is 34.0 Å². The third-order valence-corrected chi connectivity index (χ3v) is 4.90. The molecule has 0 aliphatic rings. The summed E-state index contributed by atoms with van der Waals surface area (Å²) in [4.78, 5) is 0. The van der Waals surface area contributed by atoms with Crippen molar-refractivity contribution in [2.45, 2.75) is 48.0 Å². The minimum atomic E-state index is 0. The summed E-state index contributed by atoms with van der Waals surface area (Å²) in [5, 5.41) is 2.73. The van der Waals surface area contributed by atoms with Crippen LogP contribution >= 0.6 is 0 Å². The molecule has 0 aliphatic carbocycles. The first-order chi connectivity index (χ1) is 9.95. The molecule has 3 aromatic rings. The average molecular weight is 529 g/mol. The van der Waals surface area contributed by atoms with Gasteiger partial charge in [-0.15, -0.1) is 40.6 Å². The van der Waals surface area contributed by atoms with E-state index in [0.717, 1.165) is 6.42 Å². The summed E-state index contributed by atoms with van der Waals surface area (Å²) < 4.78 is 0. The smallest absolute Gasteiger partial charge is 1.00 e. The van der Waals surface area contributed by atoms with Crippen LogP contribution in [-0.4, -0.2) is 0 Å². The molecule has 0 saturated heterocycles. The van der Waals surface area contributed by atoms with E-state index in [4.69, 9.17) is 0 Å². The molecule has 0 nitrogen and oxygen atoms in total. The Labute approximate surface area is 187 Å². The fourth-order valence-electron chi connectivity index (χ4n) is 2.83. The Morgan fingerprint density at radius 1 is 0.917 bits per heavy atom. The first-order valence-corrected chi connectivity index (χ1v) is 7.79. The third-order valence-electron chi connectivity index (χ3n) is 4.90. The van der Waals surface area contributed by atoms with Crippen molar-refractivity contribution in [3.63, 3.8) is 0 Å². The normalized spacial score (nSPS) is 9.25. The van der Waals surface area contributed by atoms with Gasteiger partial charge in [-0.1, -0.05) is 47.6 Å². The van der Waals surface area contributed by atoms with Crippen LogP contribution in [0.3, 0.4) is 0 Å². The van der Waals surface area contributed by atoms with E-state index in [0.29, 0.717) is 0 Å². The van der Waals surface area contributed by atoms with E-state index in [1.165, 1.54) is 44.2 Å². The fourth-order valence-corrected chi connectivity index (χ4v) is 2.83. The van der Waals surface area contributed by atoms with Crippen molar-refractivity contribution < 1.29 is 60.2 Å². The molecule has 3 heteroatoms. The van der Waals surface area contributed by atoms with Gasteiger partial charge in [0.2, 0.25) is 0 Å². The monoisotopic (exact) mass is 526 g/mol. The Bertz CT molecular complexity index is 637. The molecular weight excluding hydrogens is 503 g/mol. The van der Waals surface area contributed by atoms with Crippen molar-refractivity contribution in [3.8, 4) is 0 Å². The van der Waals surface area contributed by atoms with Crippen molar-refractivity contribution in [2.24, 2.45) is 0 Å². The summed E-state index contributed by atoms with van der Waals surface area (Å²) in [7, 11) is 0. The van der Waals surface area contributed by atoms with Gasteiger partial charge in [0.15, 0.2) is 0 Å². The molecule has 0 bridgehead atoms. The van der Waals surface area contributed by atoms with Gasteiger partial charge >= 0.3 is 26.2 Å². The Morgan fingerprint density at radius 3 is 1.79 bits per heavy atom. The van der Waals surface area contributed by atoms with Crippen LogP contribution in [-0.2, 0) is 32.6 Å². The second-order valence-corrected chi connectivity index (χ2v) is 5.97. The molecule has 0 atom stereocenters. The summed E-state index contributed by atoms with van der Waals surface area (Å²) in [6.45, 7) is 13.2. The van der Waals surface area contributed by atoms with Crippen molar-refractivity contribution in [1.29, 1.82) is 0 Å². The van der Waals surface area contributed by atoms with Crippen molar-refractivity contribution in [1.82, 2.24) is 0 Å². The molecule has 0 spiro atoms. The van der Waals surface area contributed by atoms with Crippen LogP contribution in [0.2, 0.25) is 0 Å². The maximum absolute atomic E-state index is 2.26. The first kappa shape index (κ1) is 26.3. The molecule has 0 radical (unpaired) electrons. The zero-order chi connectivity index (χ0) is 15.6. The summed E-state index contributed by atoms with van der Waals surface area (Å²) in [6.07, 6.45) is 1.13. The minimum absolute atomic E-state index is 0. The van der Waals surface area contributed by atoms with Gasteiger partial charge in [-0.2, -0.15) is 33.9 Å². The van der Waals surface area contributed by atoms with Crippen LogP contribution < -0.4 is 34.0 Å². The van der Waals surface area contributed by atoms with Crippen LogP contribution in [0, 0.1) is 34.6 Å².